The van der Waals surface area contributed by atoms with Crippen molar-refractivity contribution in [3.63, 3.8) is 0 Å². The summed E-state index contributed by atoms with van der Waals surface area (Å²) in [5.41, 5.74) is 0.849. The third-order valence-corrected chi connectivity index (χ3v) is 4.77. The van der Waals surface area contributed by atoms with E-state index >= 15 is 0 Å². The standard InChI is InChI=1S/C14H24N4O2S/c1-10(2)15-13-9-11(3)16-14(17-13)12-7-5-6-8-18(12)21(4,19)20/h9-10,12H,5-8H2,1-4H3,(H,15,16,17)/t12-/m0/s1. The molecule has 1 fully saturated rings. The first-order chi connectivity index (χ1) is 9.77. The number of rotatable bonds is 4. The molecule has 118 valence electrons. The summed E-state index contributed by atoms with van der Waals surface area (Å²) in [5, 5.41) is 3.26. The molecule has 1 aliphatic rings. The fourth-order valence-electron chi connectivity index (χ4n) is 2.67. The van der Waals surface area contributed by atoms with Crippen LogP contribution in [-0.2, 0) is 10.0 Å². The first-order valence-electron chi connectivity index (χ1n) is 7.36. The van der Waals surface area contributed by atoms with E-state index in [2.05, 4.69) is 15.3 Å². The minimum atomic E-state index is -3.24. The van der Waals surface area contributed by atoms with Gasteiger partial charge in [0.25, 0.3) is 0 Å². The van der Waals surface area contributed by atoms with Crippen LogP contribution in [0.5, 0.6) is 0 Å². The third kappa shape index (κ3) is 4.14. The van der Waals surface area contributed by atoms with Gasteiger partial charge in [0.05, 0.1) is 12.3 Å². The fourth-order valence-corrected chi connectivity index (χ4v) is 3.79. The molecule has 0 bridgehead atoms. The van der Waals surface area contributed by atoms with Gasteiger partial charge >= 0.3 is 0 Å². The number of nitrogens with one attached hydrogen (secondary N) is 1. The Kier molecular flexibility index (Phi) is 4.83. The Morgan fingerprint density at radius 2 is 2.05 bits per heavy atom. The van der Waals surface area contributed by atoms with Crippen LogP contribution in [0.25, 0.3) is 0 Å². The maximum atomic E-state index is 12.0. The van der Waals surface area contributed by atoms with Crippen LogP contribution in [-0.4, -0.2) is 41.5 Å². The van der Waals surface area contributed by atoms with Gasteiger partial charge in [-0.15, -0.1) is 0 Å². The van der Waals surface area contributed by atoms with Crippen LogP contribution in [0.2, 0.25) is 0 Å². The minimum Gasteiger partial charge on any atom is -0.368 e. The molecule has 21 heavy (non-hydrogen) atoms. The molecular formula is C14H24N4O2S. The van der Waals surface area contributed by atoms with Crippen LogP contribution in [0.15, 0.2) is 6.07 Å². The zero-order valence-electron chi connectivity index (χ0n) is 13.1. The number of nitrogens with zero attached hydrogens (tertiary/aromatic N) is 3. The summed E-state index contributed by atoms with van der Waals surface area (Å²) in [6, 6.07) is 1.91. The molecule has 1 aromatic rings. The SMILES string of the molecule is Cc1cc(NC(C)C)nc([C@@H]2CCCCN2S(C)(=O)=O)n1. The molecule has 0 amide bonds. The molecule has 0 aliphatic carbocycles. The number of anilines is 1. The fraction of sp³-hybridized carbons (Fsp3) is 0.714. The van der Waals surface area contributed by atoms with Gasteiger partial charge in [0, 0.05) is 24.3 Å². The van der Waals surface area contributed by atoms with Crippen molar-refractivity contribution in [3.05, 3.63) is 17.6 Å². The molecule has 7 heteroatoms. The molecule has 2 heterocycles. The van der Waals surface area contributed by atoms with Crippen molar-refractivity contribution < 1.29 is 8.42 Å². The Bertz CT molecular complexity index is 601. The van der Waals surface area contributed by atoms with E-state index in [-0.39, 0.29) is 12.1 Å². The largest absolute Gasteiger partial charge is 0.368 e. The van der Waals surface area contributed by atoms with Crippen molar-refractivity contribution in [1.29, 1.82) is 0 Å². The van der Waals surface area contributed by atoms with E-state index in [0.717, 1.165) is 30.8 Å². The smallest absolute Gasteiger partial charge is 0.211 e. The van der Waals surface area contributed by atoms with Crippen molar-refractivity contribution in [3.8, 4) is 0 Å². The lowest BCUT2D eigenvalue weighted by molar-refractivity contribution is 0.248. The molecule has 1 aromatic heterocycles. The predicted molar refractivity (Wildman–Crippen MR) is 83.7 cm³/mol. The van der Waals surface area contributed by atoms with Crippen molar-refractivity contribution in [1.82, 2.24) is 14.3 Å². The number of sulfonamides is 1. The van der Waals surface area contributed by atoms with E-state index in [9.17, 15) is 8.42 Å². The quantitative estimate of drug-likeness (QED) is 0.921. The maximum absolute atomic E-state index is 12.0. The van der Waals surface area contributed by atoms with Gasteiger partial charge < -0.3 is 5.32 Å². The number of hydrogen-bond acceptors (Lipinski definition) is 5. The molecule has 0 unspecified atom stereocenters. The molecule has 2 rings (SSSR count). The van der Waals surface area contributed by atoms with Crippen LogP contribution >= 0.6 is 0 Å². The van der Waals surface area contributed by atoms with Crippen molar-refractivity contribution >= 4 is 15.8 Å². The summed E-state index contributed by atoms with van der Waals surface area (Å²) in [5.74, 6) is 1.36. The Morgan fingerprint density at radius 1 is 1.33 bits per heavy atom. The molecule has 1 N–H and O–H groups in total. The van der Waals surface area contributed by atoms with E-state index in [1.54, 1.807) is 0 Å². The number of aromatic nitrogens is 2. The van der Waals surface area contributed by atoms with Gasteiger partial charge in [-0.2, -0.15) is 4.31 Å². The highest BCUT2D eigenvalue weighted by Crippen LogP contribution is 2.31. The summed E-state index contributed by atoms with van der Waals surface area (Å²) in [6.45, 7) is 6.54. The van der Waals surface area contributed by atoms with Gasteiger partial charge in [-0.05, 0) is 33.6 Å². The molecular weight excluding hydrogens is 288 g/mol. The van der Waals surface area contributed by atoms with Gasteiger partial charge in [0.15, 0.2) is 0 Å². The second-order valence-electron chi connectivity index (χ2n) is 5.94. The van der Waals surface area contributed by atoms with Gasteiger partial charge in [0.2, 0.25) is 10.0 Å². The number of hydrogen-bond donors (Lipinski definition) is 1. The van der Waals surface area contributed by atoms with E-state index in [0.29, 0.717) is 12.4 Å². The average molecular weight is 312 g/mol. The van der Waals surface area contributed by atoms with Gasteiger partial charge in [0.1, 0.15) is 11.6 Å². The van der Waals surface area contributed by atoms with Crippen LogP contribution in [0.3, 0.4) is 0 Å². The van der Waals surface area contributed by atoms with Gasteiger partial charge in [-0.25, -0.2) is 18.4 Å². The number of aryl methyl sites for hydroxylation is 1. The van der Waals surface area contributed by atoms with Crippen LogP contribution in [0, 0.1) is 6.92 Å². The van der Waals surface area contributed by atoms with Crippen LogP contribution < -0.4 is 5.32 Å². The molecule has 1 saturated heterocycles. The molecule has 0 radical (unpaired) electrons. The van der Waals surface area contributed by atoms with Gasteiger partial charge in [-0.1, -0.05) is 6.42 Å². The molecule has 1 aliphatic heterocycles. The van der Waals surface area contributed by atoms with Crippen molar-refractivity contribution in [2.24, 2.45) is 0 Å². The van der Waals surface area contributed by atoms with E-state index < -0.39 is 10.0 Å². The van der Waals surface area contributed by atoms with E-state index in [1.807, 2.05) is 26.8 Å². The molecule has 0 spiro atoms. The van der Waals surface area contributed by atoms with Crippen molar-refractivity contribution in [2.75, 3.05) is 18.1 Å². The van der Waals surface area contributed by atoms with Gasteiger partial charge in [-0.3, -0.25) is 0 Å². The second-order valence-corrected chi connectivity index (χ2v) is 7.87. The highest BCUT2D eigenvalue weighted by Gasteiger charge is 2.32. The minimum absolute atomic E-state index is 0.249. The highest BCUT2D eigenvalue weighted by molar-refractivity contribution is 7.88. The zero-order chi connectivity index (χ0) is 15.6. The lowest BCUT2D eigenvalue weighted by atomic mass is 10.0. The average Bonchev–Trinajstić information content (AvgIpc) is 2.36. The summed E-state index contributed by atoms with van der Waals surface area (Å²) >= 11 is 0. The third-order valence-electron chi connectivity index (χ3n) is 3.49. The lowest BCUT2D eigenvalue weighted by Gasteiger charge is -2.32. The molecule has 0 aromatic carbocycles. The predicted octanol–water partition coefficient (Wildman–Crippen LogP) is 2.09. The topological polar surface area (TPSA) is 75.2 Å². The Labute approximate surface area is 127 Å². The lowest BCUT2D eigenvalue weighted by Crippen LogP contribution is -2.38. The summed E-state index contributed by atoms with van der Waals surface area (Å²) in [6.07, 6.45) is 3.93. The van der Waals surface area contributed by atoms with E-state index in [1.165, 1.54) is 10.6 Å². The summed E-state index contributed by atoms with van der Waals surface area (Å²) < 4.78 is 25.5. The first kappa shape index (κ1) is 16.2. The number of piperidine rings is 1. The highest BCUT2D eigenvalue weighted by atomic mass is 32.2. The normalized spacial score (nSPS) is 20.7. The molecule has 0 saturated carbocycles. The van der Waals surface area contributed by atoms with E-state index in [4.69, 9.17) is 0 Å². The van der Waals surface area contributed by atoms with Crippen LogP contribution in [0.4, 0.5) is 5.82 Å². The van der Waals surface area contributed by atoms with Crippen LogP contribution in [0.1, 0.15) is 50.7 Å². The Hall–Kier alpha value is -1.21. The zero-order valence-corrected chi connectivity index (χ0v) is 13.9. The maximum Gasteiger partial charge on any atom is 0.211 e. The van der Waals surface area contributed by atoms with Crippen molar-refractivity contribution in [2.45, 2.75) is 52.1 Å². The molecule has 6 nitrogen and oxygen atoms in total. The summed E-state index contributed by atoms with van der Waals surface area (Å²) in [7, 11) is -3.24. The first-order valence-corrected chi connectivity index (χ1v) is 9.21. The molecule has 1 atom stereocenters. The monoisotopic (exact) mass is 312 g/mol. The second kappa shape index (κ2) is 6.27. The Balaban J connectivity index is 2.36. The Morgan fingerprint density at radius 3 is 2.67 bits per heavy atom. The summed E-state index contributed by atoms with van der Waals surface area (Å²) in [4.78, 5) is 9.00.